The first-order chi connectivity index (χ1) is 8.69. The van der Waals surface area contributed by atoms with E-state index in [-0.39, 0.29) is 18.9 Å². The molecule has 0 radical (unpaired) electrons. The van der Waals surface area contributed by atoms with Gasteiger partial charge in [-0.1, -0.05) is 6.07 Å². The van der Waals surface area contributed by atoms with E-state index < -0.39 is 0 Å². The predicted octanol–water partition coefficient (Wildman–Crippen LogP) is 1.03. The van der Waals surface area contributed by atoms with Crippen molar-refractivity contribution in [3.8, 4) is 11.5 Å². The molecule has 0 saturated carbocycles. The van der Waals surface area contributed by atoms with E-state index in [0.29, 0.717) is 11.5 Å². The SMILES string of the molecule is COc1ccc(C2OC(CO)CN2C)cc1OC. The van der Waals surface area contributed by atoms with Gasteiger partial charge in [0.15, 0.2) is 11.5 Å². The van der Waals surface area contributed by atoms with Crippen molar-refractivity contribution in [2.45, 2.75) is 12.3 Å². The van der Waals surface area contributed by atoms with E-state index in [4.69, 9.17) is 19.3 Å². The van der Waals surface area contributed by atoms with Crippen molar-refractivity contribution in [2.24, 2.45) is 0 Å². The third kappa shape index (κ3) is 2.43. The molecule has 0 aromatic heterocycles. The quantitative estimate of drug-likeness (QED) is 0.868. The zero-order valence-electron chi connectivity index (χ0n) is 10.9. The van der Waals surface area contributed by atoms with Crippen LogP contribution in [0.5, 0.6) is 11.5 Å². The fourth-order valence-corrected chi connectivity index (χ4v) is 2.19. The van der Waals surface area contributed by atoms with Crippen molar-refractivity contribution in [1.82, 2.24) is 4.90 Å². The molecule has 1 N–H and O–H groups in total. The minimum atomic E-state index is -0.151. The van der Waals surface area contributed by atoms with Crippen LogP contribution in [0.2, 0.25) is 0 Å². The van der Waals surface area contributed by atoms with Gasteiger partial charge >= 0.3 is 0 Å². The molecule has 0 amide bonds. The number of hydrogen-bond donors (Lipinski definition) is 1. The van der Waals surface area contributed by atoms with Crippen LogP contribution >= 0.6 is 0 Å². The van der Waals surface area contributed by atoms with Crippen LogP contribution in [0.1, 0.15) is 11.8 Å². The van der Waals surface area contributed by atoms with Crippen LogP contribution in [-0.4, -0.2) is 50.5 Å². The molecule has 5 heteroatoms. The van der Waals surface area contributed by atoms with Crippen molar-refractivity contribution >= 4 is 0 Å². The summed E-state index contributed by atoms with van der Waals surface area (Å²) in [6.07, 6.45) is -0.282. The van der Waals surface area contributed by atoms with Crippen LogP contribution in [0.4, 0.5) is 0 Å². The first-order valence-corrected chi connectivity index (χ1v) is 5.88. The maximum atomic E-state index is 9.14. The highest BCUT2D eigenvalue weighted by Crippen LogP contribution is 2.34. The van der Waals surface area contributed by atoms with Gasteiger partial charge in [-0.05, 0) is 24.7 Å². The Morgan fingerprint density at radius 3 is 2.61 bits per heavy atom. The summed E-state index contributed by atoms with van der Waals surface area (Å²) >= 11 is 0. The second kappa shape index (κ2) is 5.56. The summed E-state index contributed by atoms with van der Waals surface area (Å²) in [5.41, 5.74) is 0.992. The Morgan fingerprint density at radius 2 is 2.06 bits per heavy atom. The molecule has 100 valence electrons. The molecule has 2 unspecified atom stereocenters. The van der Waals surface area contributed by atoms with Crippen molar-refractivity contribution < 1.29 is 19.3 Å². The lowest BCUT2D eigenvalue weighted by Crippen LogP contribution is -2.20. The lowest BCUT2D eigenvalue weighted by molar-refractivity contribution is -0.0140. The predicted molar refractivity (Wildman–Crippen MR) is 66.9 cm³/mol. The smallest absolute Gasteiger partial charge is 0.161 e. The van der Waals surface area contributed by atoms with Gasteiger partial charge in [-0.3, -0.25) is 4.90 Å². The third-order valence-electron chi connectivity index (χ3n) is 3.11. The molecule has 1 aliphatic heterocycles. The van der Waals surface area contributed by atoms with Gasteiger partial charge in [-0.25, -0.2) is 0 Å². The highest BCUT2D eigenvalue weighted by atomic mass is 16.5. The molecule has 1 aliphatic rings. The van der Waals surface area contributed by atoms with Gasteiger partial charge in [-0.2, -0.15) is 0 Å². The van der Waals surface area contributed by atoms with E-state index in [9.17, 15) is 0 Å². The van der Waals surface area contributed by atoms with E-state index in [2.05, 4.69) is 4.90 Å². The molecular weight excluding hydrogens is 234 g/mol. The lowest BCUT2D eigenvalue weighted by atomic mass is 10.1. The maximum absolute atomic E-state index is 9.14. The summed E-state index contributed by atoms with van der Waals surface area (Å²) in [5, 5.41) is 9.14. The van der Waals surface area contributed by atoms with E-state index in [1.54, 1.807) is 14.2 Å². The number of hydrogen-bond acceptors (Lipinski definition) is 5. The number of rotatable bonds is 4. The minimum absolute atomic E-state index is 0.0358. The summed E-state index contributed by atoms with van der Waals surface area (Å²) in [7, 11) is 5.19. The second-order valence-electron chi connectivity index (χ2n) is 4.35. The summed E-state index contributed by atoms with van der Waals surface area (Å²) in [5.74, 6) is 1.38. The molecule has 0 spiro atoms. The zero-order chi connectivity index (χ0) is 13.1. The topological polar surface area (TPSA) is 51.2 Å². The number of benzene rings is 1. The first-order valence-electron chi connectivity index (χ1n) is 5.88. The van der Waals surface area contributed by atoms with Crippen LogP contribution in [-0.2, 0) is 4.74 Å². The van der Waals surface area contributed by atoms with Gasteiger partial charge in [0, 0.05) is 6.54 Å². The number of aliphatic hydroxyl groups is 1. The Morgan fingerprint density at radius 1 is 1.33 bits per heavy atom. The van der Waals surface area contributed by atoms with Crippen LogP contribution in [0, 0.1) is 0 Å². The van der Waals surface area contributed by atoms with Crippen LogP contribution < -0.4 is 9.47 Å². The molecule has 2 rings (SSSR count). The van der Waals surface area contributed by atoms with Gasteiger partial charge in [0.25, 0.3) is 0 Å². The average molecular weight is 253 g/mol. The van der Waals surface area contributed by atoms with Gasteiger partial charge in [-0.15, -0.1) is 0 Å². The van der Waals surface area contributed by atoms with Crippen molar-refractivity contribution in [3.63, 3.8) is 0 Å². The van der Waals surface area contributed by atoms with Crippen molar-refractivity contribution in [1.29, 1.82) is 0 Å². The monoisotopic (exact) mass is 253 g/mol. The molecular formula is C13H19NO4. The molecule has 0 aliphatic carbocycles. The highest BCUT2D eigenvalue weighted by molar-refractivity contribution is 5.43. The standard InChI is InChI=1S/C13H19NO4/c1-14-7-10(8-15)18-13(14)9-4-5-11(16-2)12(6-9)17-3/h4-6,10,13,15H,7-8H2,1-3H3. The van der Waals surface area contributed by atoms with Crippen LogP contribution in [0.3, 0.4) is 0 Å². The van der Waals surface area contributed by atoms with Crippen molar-refractivity contribution in [2.75, 3.05) is 34.4 Å². The number of ether oxygens (including phenoxy) is 3. The highest BCUT2D eigenvalue weighted by Gasteiger charge is 2.31. The zero-order valence-corrected chi connectivity index (χ0v) is 10.9. The minimum Gasteiger partial charge on any atom is -0.493 e. The van der Waals surface area contributed by atoms with Gasteiger partial charge in [0.1, 0.15) is 6.23 Å². The van der Waals surface area contributed by atoms with E-state index in [1.807, 2.05) is 25.2 Å². The van der Waals surface area contributed by atoms with E-state index >= 15 is 0 Å². The Balaban J connectivity index is 2.23. The van der Waals surface area contributed by atoms with Gasteiger partial charge < -0.3 is 19.3 Å². The third-order valence-corrected chi connectivity index (χ3v) is 3.11. The summed E-state index contributed by atoms with van der Waals surface area (Å²) in [6.45, 7) is 0.754. The largest absolute Gasteiger partial charge is 0.493 e. The second-order valence-corrected chi connectivity index (χ2v) is 4.35. The Kier molecular flexibility index (Phi) is 4.06. The molecule has 1 heterocycles. The Labute approximate surface area is 107 Å². The molecule has 1 aromatic rings. The molecule has 18 heavy (non-hydrogen) atoms. The van der Waals surface area contributed by atoms with Crippen LogP contribution in [0.15, 0.2) is 18.2 Å². The summed E-state index contributed by atoms with van der Waals surface area (Å²) in [4.78, 5) is 2.06. The van der Waals surface area contributed by atoms with E-state index in [0.717, 1.165) is 12.1 Å². The molecule has 5 nitrogen and oxygen atoms in total. The normalized spacial score (nSPS) is 24.2. The number of nitrogens with zero attached hydrogens (tertiary/aromatic N) is 1. The molecule has 1 saturated heterocycles. The van der Waals surface area contributed by atoms with Gasteiger partial charge in [0.2, 0.25) is 0 Å². The van der Waals surface area contributed by atoms with E-state index in [1.165, 1.54) is 0 Å². The van der Waals surface area contributed by atoms with Gasteiger partial charge in [0.05, 0.1) is 26.9 Å². The molecule has 2 atom stereocenters. The number of likely N-dealkylation sites (N-methyl/N-ethyl adjacent to an activating group) is 1. The lowest BCUT2D eigenvalue weighted by Gasteiger charge is -2.19. The Bertz CT molecular complexity index is 410. The molecule has 1 fully saturated rings. The van der Waals surface area contributed by atoms with Crippen molar-refractivity contribution in [3.05, 3.63) is 23.8 Å². The number of aliphatic hydroxyl groups excluding tert-OH is 1. The number of methoxy groups -OCH3 is 2. The summed E-state index contributed by atoms with van der Waals surface area (Å²) in [6, 6.07) is 5.71. The maximum Gasteiger partial charge on any atom is 0.161 e. The Hall–Kier alpha value is -1.30. The fourth-order valence-electron chi connectivity index (χ4n) is 2.19. The first kappa shape index (κ1) is 13.1. The summed E-state index contributed by atoms with van der Waals surface area (Å²) < 4.78 is 16.2. The fraction of sp³-hybridized carbons (Fsp3) is 0.538. The van der Waals surface area contributed by atoms with Crippen LogP contribution in [0.25, 0.3) is 0 Å². The molecule has 0 bridgehead atoms. The average Bonchev–Trinajstić information content (AvgIpc) is 2.79. The molecule has 1 aromatic carbocycles.